The van der Waals surface area contributed by atoms with Gasteiger partial charge in [-0.2, -0.15) is 0 Å². The molecule has 0 spiro atoms. The van der Waals surface area contributed by atoms with E-state index in [-0.39, 0.29) is 5.92 Å². The van der Waals surface area contributed by atoms with Crippen molar-refractivity contribution in [2.24, 2.45) is 10.3 Å². The highest BCUT2D eigenvalue weighted by molar-refractivity contribution is 7.94. The van der Waals surface area contributed by atoms with Gasteiger partial charge in [0.2, 0.25) is 0 Å². The van der Waals surface area contributed by atoms with E-state index >= 15 is 0 Å². The van der Waals surface area contributed by atoms with Crippen molar-refractivity contribution in [3.63, 3.8) is 0 Å². The summed E-state index contributed by atoms with van der Waals surface area (Å²) in [6, 6.07) is 9.40. The molecule has 0 radical (unpaired) electrons. The number of hydrogen-bond donors (Lipinski definition) is 1. The molecule has 3 nitrogen and oxygen atoms in total. The Kier molecular flexibility index (Phi) is 5.81. The molecule has 0 heterocycles. The van der Waals surface area contributed by atoms with Gasteiger partial charge in [-0.25, -0.2) is 8.57 Å². The van der Waals surface area contributed by atoms with E-state index in [2.05, 4.69) is 10.4 Å². The molecule has 1 N–H and O–H groups in total. The highest BCUT2D eigenvalue weighted by Gasteiger charge is 2.36. The summed E-state index contributed by atoms with van der Waals surface area (Å²) in [5.41, 5.74) is 1.12. The van der Waals surface area contributed by atoms with Crippen LogP contribution >= 0.6 is 0 Å². The van der Waals surface area contributed by atoms with E-state index in [4.69, 9.17) is 0 Å². The predicted octanol–water partition coefficient (Wildman–Crippen LogP) is 4.03. The Morgan fingerprint density at radius 1 is 1.18 bits per heavy atom. The monoisotopic (exact) mass is 321 g/mol. The molecule has 0 aromatic heterocycles. The molecule has 2 rings (SSSR count). The second kappa shape index (κ2) is 7.42. The number of rotatable bonds is 5. The van der Waals surface area contributed by atoms with Crippen molar-refractivity contribution in [1.82, 2.24) is 0 Å². The van der Waals surface area contributed by atoms with Crippen LogP contribution < -0.4 is 0 Å². The maximum Gasteiger partial charge on any atom is 0.0945 e. The van der Waals surface area contributed by atoms with Gasteiger partial charge in [0.15, 0.2) is 0 Å². The van der Waals surface area contributed by atoms with Crippen LogP contribution in [0.25, 0.3) is 0 Å². The summed E-state index contributed by atoms with van der Waals surface area (Å²) in [4.78, 5) is 0.716. The quantitative estimate of drug-likeness (QED) is 0.832. The second-order valence-electron chi connectivity index (χ2n) is 6.24. The summed E-state index contributed by atoms with van der Waals surface area (Å²) in [7, 11) is -1.07. The summed E-state index contributed by atoms with van der Waals surface area (Å²) < 4.78 is 18.0. The molecule has 0 amide bonds. The van der Waals surface area contributed by atoms with Crippen LogP contribution in [0.2, 0.25) is 0 Å². The molecule has 0 unspecified atom stereocenters. The summed E-state index contributed by atoms with van der Waals surface area (Å²) in [6.07, 6.45) is 5.71. The maximum atomic E-state index is 13.7. The minimum Gasteiger partial charge on any atom is -0.391 e. The Morgan fingerprint density at radius 2 is 1.86 bits per heavy atom. The number of aliphatic hydroxyl groups is 1. The molecule has 0 fully saturated rings. The Balaban J connectivity index is 2.56. The lowest BCUT2D eigenvalue weighted by atomic mass is 9.91. The fourth-order valence-electron chi connectivity index (χ4n) is 3.07. The van der Waals surface area contributed by atoms with Gasteiger partial charge >= 0.3 is 0 Å². The first-order valence-corrected chi connectivity index (χ1v) is 9.64. The smallest absolute Gasteiger partial charge is 0.0945 e. The first-order valence-electron chi connectivity index (χ1n) is 8.07. The third-order valence-electron chi connectivity index (χ3n) is 4.38. The van der Waals surface area contributed by atoms with Gasteiger partial charge in [0, 0.05) is 11.9 Å². The highest BCUT2D eigenvalue weighted by atomic mass is 32.2. The highest BCUT2D eigenvalue weighted by Crippen LogP contribution is 2.33. The molecular weight excluding hydrogens is 294 g/mol. The predicted molar refractivity (Wildman–Crippen MR) is 92.4 cm³/mol. The molecular formula is C18H27NO2S. The zero-order chi connectivity index (χ0) is 16.2. The minimum absolute atomic E-state index is 0.0408. The van der Waals surface area contributed by atoms with E-state index in [1.807, 2.05) is 44.2 Å². The van der Waals surface area contributed by atoms with Gasteiger partial charge in [-0.3, -0.25) is 0 Å². The fraction of sp³-hybridized carbons (Fsp3) is 0.556. The average molecular weight is 321 g/mol. The van der Waals surface area contributed by atoms with Crippen molar-refractivity contribution in [2.75, 3.05) is 7.05 Å². The zero-order valence-electron chi connectivity index (χ0n) is 13.7. The van der Waals surface area contributed by atoms with Crippen LogP contribution in [0.15, 0.2) is 51.2 Å². The zero-order valence-corrected chi connectivity index (χ0v) is 14.6. The lowest BCUT2D eigenvalue weighted by Crippen LogP contribution is -2.39. The lowest BCUT2D eigenvalue weighted by molar-refractivity contribution is 0.127. The number of hydrogen-bond acceptors (Lipinski definition) is 3. The summed E-state index contributed by atoms with van der Waals surface area (Å²) in [5.74, 6) is 0.0408. The van der Waals surface area contributed by atoms with Crippen molar-refractivity contribution in [2.45, 2.75) is 55.8 Å². The second-order valence-corrected chi connectivity index (χ2v) is 8.73. The van der Waals surface area contributed by atoms with E-state index in [0.717, 1.165) is 24.8 Å². The van der Waals surface area contributed by atoms with Crippen molar-refractivity contribution < 1.29 is 9.32 Å². The van der Waals surface area contributed by atoms with Crippen LogP contribution in [0.3, 0.4) is 0 Å². The molecule has 0 saturated heterocycles. The van der Waals surface area contributed by atoms with Gasteiger partial charge in [0.25, 0.3) is 0 Å². The summed E-state index contributed by atoms with van der Waals surface area (Å²) in [5, 5.41) is 10.4. The first kappa shape index (κ1) is 17.2. The third kappa shape index (κ3) is 3.44. The largest absolute Gasteiger partial charge is 0.391 e. The van der Waals surface area contributed by atoms with Gasteiger partial charge in [-0.05, 0) is 43.7 Å². The minimum atomic E-state index is -2.68. The molecule has 1 aliphatic rings. The molecule has 0 aliphatic heterocycles. The topological polar surface area (TPSA) is 49.7 Å². The van der Waals surface area contributed by atoms with E-state index in [1.165, 1.54) is 6.42 Å². The van der Waals surface area contributed by atoms with Crippen molar-refractivity contribution in [3.8, 4) is 0 Å². The fourth-order valence-corrected chi connectivity index (χ4v) is 5.66. The number of benzene rings is 1. The molecule has 1 aromatic carbocycles. The van der Waals surface area contributed by atoms with Gasteiger partial charge in [0.1, 0.15) is 0 Å². The van der Waals surface area contributed by atoms with Crippen LogP contribution in [0.5, 0.6) is 0 Å². The van der Waals surface area contributed by atoms with Gasteiger partial charge in [-0.15, -0.1) is 0 Å². The normalized spacial score (nSPS) is 20.9. The van der Waals surface area contributed by atoms with Crippen LogP contribution in [-0.2, 0) is 9.73 Å². The molecule has 0 bridgehead atoms. The Morgan fingerprint density at radius 3 is 2.36 bits per heavy atom. The Hall–Kier alpha value is -1.13. The standard InChI is InChI=1S/C18H27NO2S/c1-14(2)17(20)18(15-10-6-4-7-11-15)22(21,19-3)16-12-8-5-9-13-16/h5,8-10,12-14,17-18,20H,4,6-7,11H2,1-3H3/t17-,18-,22+/m1/s1. The molecule has 22 heavy (non-hydrogen) atoms. The molecule has 1 aliphatic carbocycles. The summed E-state index contributed by atoms with van der Waals surface area (Å²) in [6.45, 7) is 3.95. The van der Waals surface area contributed by atoms with Crippen molar-refractivity contribution in [3.05, 3.63) is 42.0 Å². The van der Waals surface area contributed by atoms with Gasteiger partial charge < -0.3 is 5.11 Å². The average Bonchev–Trinajstić information content (AvgIpc) is 2.56. The third-order valence-corrected chi connectivity index (χ3v) is 7.14. The van der Waals surface area contributed by atoms with Gasteiger partial charge in [-0.1, -0.05) is 43.7 Å². The first-order chi connectivity index (χ1) is 10.5. The van der Waals surface area contributed by atoms with Gasteiger partial charge in [0.05, 0.1) is 21.1 Å². The molecule has 1 aromatic rings. The SMILES string of the molecule is CN=[S@](=O)(c1ccccc1)[C@H](C1=CCCCC1)[C@H](O)C(C)C. The van der Waals surface area contributed by atoms with Crippen molar-refractivity contribution >= 4 is 9.73 Å². The molecule has 4 heteroatoms. The van der Waals surface area contributed by atoms with E-state index < -0.39 is 21.1 Å². The van der Waals surface area contributed by atoms with Crippen LogP contribution in [-0.4, -0.2) is 27.7 Å². The van der Waals surface area contributed by atoms with Crippen molar-refractivity contribution in [1.29, 1.82) is 0 Å². The Bertz CT molecular complexity index is 628. The number of allylic oxidation sites excluding steroid dienone is 1. The number of nitrogens with zero attached hydrogens (tertiary/aromatic N) is 1. The molecule has 3 atom stereocenters. The lowest BCUT2D eigenvalue weighted by Gasteiger charge is -2.32. The van der Waals surface area contributed by atoms with E-state index in [1.54, 1.807) is 7.05 Å². The van der Waals surface area contributed by atoms with E-state index in [9.17, 15) is 9.32 Å². The Labute approximate surface area is 134 Å². The van der Waals surface area contributed by atoms with E-state index in [0.29, 0.717) is 4.90 Å². The molecule has 122 valence electrons. The van der Waals surface area contributed by atoms with Crippen LogP contribution in [0, 0.1) is 5.92 Å². The molecule has 0 saturated carbocycles. The number of aliphatic hydroxyl groups excluding tert-OH is 1. The maximum absolute atomic E-state index is 13.7. The van der Waals surface area contributed by atoms with Crippen LogP contribution in [0.4, 0.5) is 0 Å². The van der Waals surface area contributed by atoms with Crippen LogP contribution in [0.1, 0.15) is 39.5 Å². The summed E-state index contributed by atoms with van der Waals surface area (Å²) >= 11 is 0.